The van der Waals surface area contributed by atoms with Crippen molar-refractivity contribution in [2.45, 2.75) is 52.2 Å². The van der Waals surface area contributed by atoms with Crippen LogP contribution in [-0.2, 0) is 14.3 Å². The lowest BCUT2D eigenvalue weighted by atomic mass is 9.99. The van der Waals surface area contributed by atoms with E-state index in [9.17, 15) is 9.59 Å². The van der Waals surface area contributed by atoms with Gasteiger partial charge in [0.2, 0.25) is 0 Å². The number of nitriles is 1. The van der Waals surface area contributed by atoms with Crippen molar-refractivity contribution < 1.29 is 14.3 Å². The van der Waals surface area contributed by atoms with Crippen LogP contribution in [0.4, 0.5) is 0 Å². The van der Waals surface area contributed by atoms with Gasteiger partial charge in [-0.25, -0.2) is 0 Å². The highest BCUT2D eigenvalue weighted by molar-refractivity contribution is 5.90. The Bertz CT molecular complexity index is 325. The summed E-state index contributed by atoms with van der Waals surface area (Å²) in [5.74, 6) is -1.23. The molecule has 0 saturated heterocycles. The first-order chi connectivity index (χ1) is 7.17. The van der Waals surface area contributed by atoms with Crippen LogP contribution in [0, 0.1) is 11.3 Å². The highest BCUT2D eigenvalue weighted by Gasteiger charge is 2.41. The second-order valence-electron chi connectivity index (χ2n) is 4.59. The molecule has 0 spiro atoms. The smallest absolute Gasteiger partial charge is 0.304 e. The predicted octanol–water partition coefficient (Wildman–Crippen LogP) is 1.14. The van der Waals surface area contributed by atoms with Gasteiger partial charge in [-0.05, 0) is 20.8 Å². The monoisotopic (exact) mass is 226 g/mol. The molecule has 1 atom stereocenters. The predicted molar refractivity (Wildman–Crippen MR) is 58.3 cm³/mol. The van der Waals surface area contributed by atoms with Crippen LogP contribution in [0.1, 0.15) is 41.0 Å². The molecule has 0 saturated carbocycles. The molecule has 1 amide bonds. The van der Waals surface area contributed by atoms with Gasteiger partial charge in [0.1, 0.15) is 6.07 Å². The summed E-state index contributed by atoms with van der Waals surface area (Å²) < 4.78 is 4.83. The molecule has 0 radical (unpaired) electrons. The zero-order chi connectivity index (χ0) is 13.0. The fourth-order valence-electron chi connectivity index (χ4n) is 1.12. The fraction of sp³-hybridized carbons (Fsp3) is 0.727. The van der Waals surface area contributed by atoms with Gasteiger partial charge in [-0.1, -0.05) is 6.92 Å². The van der Waals surface area contributed by atoms with Gasteiger partial charge >= 0.3 is 5.97 Å². The molecule has 0 heterocycles. The Morgan fingerprint density at radius 2 is 1.88 bits per heavy atom. The molecule has 0 bridgehead atoms. The molecule has 1 N–H and O–H groups in total. The first-order valence-electron chi connectivity index (χ1n) is 5.10. The number of esters is 1. The number of amides is 1. The third kappa shape index (κ3) is 3.89. The third-order valence-electron chi connectivity index (χ3n) is 1.85. The van der Waals surface area contributed by atoms with Crippen molar-refractivity contribution in [2.24, 2.45) is 0 Å². The topological polar surface area (TPSA) is 79.2 Å². The van der Waals surface area contributed by atoms with E-state index in [-0.39, 0.29) is 6.42 Å². The highest BCUT2D eigenvalue weighted by Crippen LogP contribution is 2.17. The van der Waals surface area contributed by atoms with E-state index < -0.39 is 23.0 Å². The lowest BCUT2D eigenvalue weighted by molar-refractivity contribution is -0.161. The van der Waals surface area contributed by atoms with E-state index in [4.69, 9.17) is 10.00 Å². The first kappa shape index (κ1) is 14.4. The number of nitrogens with zero attached hydrogens (tertiary/aromatic N) is 1. The zero-order valence-electron chi connectivity index (χ0n) is 10.4. The maximum absolute atomic E-state index is 11.9. The van der Waals surface area contributed by atoms with E-state index in [1.807, 2.05) is 0 Å². The van der Waals surface area contributed by atoms with Crippen LogP contribution in [0.25, 0.3) is 0 Å². The Morgan fingerprint density at radius 3 is 2.12 bits per heavy atom. The Labute approximate surface area is 95.8 Å². The summed E-state index contributed by atoms with van der Waals surface area (Å²) in [7, 11) is 0. The summed E-state index contributed by atoms with van der Waals surface area (Å²) in [4.78, 5) is 22.8. The lowest BCUT2D eigenvalue weighted by Crippen LogP contribution is -2.54. The molecule has 0 fully saturated rings. The van der Waals surface area contributed by atoms with Crippen molar-refractivity contribution >= 4 is 11.9 Å². The summed E-state index contributed by atoms with van der Waals surface area (Å²) in [6.45, 7) is 8.16. The van der Waals surface area contributed by atoms with Gasteiger partial charge < -0.3 is 10.1 Å². The van der Waals surface area contributed by atoms with Gasteiger partial charge in [-0.2, -0.15) is 5.26 Å². The normalized spacial score (nSPS) is 14.5. The quantitative estimate of drug-likeness (QED) is 0.732. The van der Waals surface area contributed by atoms with Crippen LogP contribution >= 0.6 is 0 Å². The van der Waals surface area contributed by atoms with Crippen LogP contribution in [0.15, 0.2) is 0 Å². The van der Waals surface area contributed by atoms with Crippen LogP contribution in [0.3, 0.4) is 0 Å². The maximum Gasteiger partial charge on any atom is 0.304 e. The largest absolute Gasteiger partial charge is 0.434 e. The lowest BCUT2D eigenvalue weighted by Gasteiger charge is -2.28. The first-order valence-corrected chi connectivity index (χ1v) is 5.10. The second-order valence-corrected chi connectivity index (χ2v) is 4.59. The van der Waals surface area contributed by atoms with E-state index >= 15 is 0 Å². The molecule has 0 aliphatic rings. The van der Waals surface area contributed by atoms with Crippen molar-refractivity contribution in [3.63, 3.8) is 0 Å². The van der Waals surface area contributed by atoms with Gasteiger partial charge in [-0.15, -0.1) is 0 Å². The van der Waals surface area contributed by atoms with Gasteiger partial charge in [0.15, 0.2) is 0 Å². The molecular formula is C11H18N2O3. The molecule has 0 rings (SSSR count). The molecule has 0 aromatic heterocycles. The van der Waals surface area contributed by atoms with E-state index in [1.165, 1.54) is 6.92 Å². The average Bonchev–Trinajstić information content (AvgIpc) is 2.11. The average molecular weight is 226 g/mol. The number of carbonyl (C=O) groups excluding carboxylic acids is 2. The Hall–Kier alpha value is -1.57. The van der Waals surface area contributed by atoms with Crippen molar-refractivity contribution in [1.82, 2.24) is 5.32 Å². The number of rotatable bonds is 3. The molecular weight excluding hydrogens is 208 g/mol. The summed E-state index contributed by atoms with van der Waals surface area (Å²) in [6.07, 6.45) is 0.116. The molecule has 1 unspecified atom stereocenters. The van der Waals surface area contributed by atoms with E-state index in [2.05, 4.69) is 5.32 Å². The number of nitrogens with one attached hydrogen (secondary N) is 1. The van der Waals surface area contributed by atoms with Crippen molar-refractivity contribution in [3.8, 4) is 6.07 Å². The SMILES string of the molecule is CCC(C#N)(OC(C)=O)C(=O)NC(C)(C)C. The van der Waals surface area contributed by atoms with Crippen LogP contribution in [0.2, 0.25) is 0 Å². The van der Waals surface area contributed by atoms with E-state index in [0.29, 0.717) is 0 Å². The Morgan fingerprint density at radius 1 is 1.38 bits per heavy atom. The third-order valence-corrected chi connectivity index (χ3v) is 1.85. The minimum Gasteiger partial charge on any atom is -0.434 e. The molecule has 5 nitrogen and oxygen atoms in total. The number of hydrogen-bond donors (Lipinski definition) is 1. The summed E-state index contributed by atoms with van der Waals surface area (Å²) >= 11 is 0. The van der Waals surface area contributed by atoms with Gasteiger partial charge in [0.25, 0.3) is 11.5 Å². The molecule has 0 aliphatic heterocycles. The molecule has 0 aromatic carbocycles. The van der Waals surface area contributed by atoms with E-state index in [1.54, 1.807) is 33.8 Å². The fourth-order valence-corrected chi connectivity index (χ4v) is 1.12. The molecule has 0 aliphatic carbocycles. The zero-order valence-corrected chi connectivity index (χ0v) is 10.4. The highest BCUT2D eigenvalue weighted by atomic mass is 16.6. The van der Waals surface area contributed by atoms with Crippen molar-refractivity contribution in [2.75, 3.05) is 0 Å². The molecule has 5 heteroatoms. The number of ether oxygens (including phenoxy) is 1. The minimum atomic E-state index is -1.72. The number of carbonyl (C=O) groups is 2. The summed E-state index contributed by atoms with van der Waals surface area (Å²) in [5.41, 5.74) is -2.20. The second kappa shape index (κ2) is 4.97. The molecule has 0 aromatic rings. The van der Waals surface area contributed by atoms with Gasteiger partial charge in [0.05, 0.1) is 0 Å². The Kier molecular flexibility index (Phi) is 4.48. The van der Waals surface area contributed by atoms with Crippen molar-refractivity contribution in [3.05, 3.63) is 0 Å². The molecule has 16 heavy (non-hydrogen) atoms. The standard InChI is InChI=1S/C11H18N2O3/c1-6-11(7-12,16-8(2)14)9(15)13-10(3,4)5/h6H2,1-5H3,(H,13,15). The van der Waals surface area contributed by atoms with Crippen molar-refractivity contribution in [1.29, 1.82) is 5.26 Å². The van der Waals surface area contributed by atoms with E-state index in [0.717, 1.165) is 0 Å². The maximum atomic E-state index is 11.9. The minimum absolute atomic E-state index is 0.116. The summed E-state index contributed by atoms with van der Waals surface area (Å²) in [6, 6.07) is 1.76. The van der Waals surface area contributed by atoms with Gasteiger partial charge in [-0.3, -0.25) is 9.59 Å². The van der Waals surface area contributed by atoms with Crippen LogP contribution in [-0.4, -0.2) is 23.0 Å². The van der Waals surface area contributed by atoms with Crippen LogP contribution in [0.5, 0.6) is 0 Å². The van der Waals surface area contributed by atoms with Crippen LogP contribution < -0.4 is 5.32 Å². The number of hydrogen-bond acceptors (Lipinski definition) is 4. The summed E-state index contributed by atoms with van der Waals surface area (Å²) in [5, 5.41) is 11.6. The Balaban J connectivity index is 4.99. The van der Waals surface area contributed by atoms with Gasteiger partial charge in [0, 0.05) is 18.9 Å². The molecule has 90 valence electrons.